The molecule has 0 aliphatic carbocycles. The zero-order valence-corrected chi connectivity index (χ0v) is 9.57. The van der Waals surface area contributed by atoms with E-state index < -0.39 is 0 Å². The largest absolute Gasteiger partial charge is 0.482 e. The summed E-state index contributed by atoms with van der Waals surface area (Å²) in [6.45, 7) is 3.84. The van der Waals surface area contributed by atoms with Crippen molar-refractivity contribution in [2.24, 2.45) is 0 Å². The lowest BCUT2D eigenvalue weighted by atomic mass is 10.3. The fraction of sp³-hybridized carbons (Fsp3) is 0.455. The zero-order chi connectivity index (χ0) is 11.4. The fourth-order valence-corrected chi connectivity index (χ4v) is 1.09. The van der Waals surface area contributed by atoms with Crippen LogP contribution in [0, 0.1) is 13.8 Å². The number of aromatic nitrogens is 1. The molecule has 0 fully saturated rings. The fourth-order valence-electron chi connectivity index (χ4n) is 1.09. The van der Waals surface area contributed by atoms with E-state index in [1.165, 1.54) is 4.90 Å². The van der Waals surface area contributed by atoms with Gasteiger partial charge in [-0.3, -0.25) is 9.78 Å². The van der Waals surface area contributed by atoms with Gasteiger partial charge in [0, 0.05) is 19.8 Å². The van der Waals surface area contributed by atoms with Gasteiger partial charge < -0.3 is 9.64 Å². The predicted octanol–water partition coefficient (Wildman–Crippen LogP) is 1.17. The number of amides is 1. The van der Waals surface area contributed by atoms with Crippen LogP contribution in [0.25, 0.3) is 0 Å². The summed E-state index contributed by atoms with van der Waals surface area (Å²) in [4.78, 5) is 17.0. The molecule has 1 aromatic heterocycles. The highest BCUT2D eigenvalue weighted by molar-refractivity contribution is 5.77. The lowest BCUT2D eigenvalue weighted by Gasteiger charge is -2.12. The van der Waals surface area contributed by atoms with E-state index in [-0.39, 0.29) is 12.5 Å². The zero-order valence-electron chi connectivity index (χ0n) is 9.57. The van der Waals surface area contributed by atoms with Crippen LogP contribution in [0.15, 0.2) is 12.1 Å². The van der Waals surface area contributed by atoms with Gasteiger partial charge in [-0.05, 0) is 26.0 Å². The van der Waals surface area contributed by atoms with Crippen LogP contribution in [0.4, 0.5) is 0 Å². The van der Waals surface area contributed by atoms with E-state index >= 15 is 0 Å². The number of pyridine rings is 1. The van der Waals surface area contributed by atoms with Crippen molar-refractivity contribution in [1.29, 1.82) is 0 Å². The summed E-state index contributed by atoms with van der Waals surface area (Å²) in [7, 11) is 3.40. The molecule has 1 rings (SSSR count). The van der Waals surface area contributed by atoms with E-state index in [1.807, 2.05) is 26.0 Å². The Morgan fingerprint density at radius 1 is 1.40 bits per heavy atom. The van der Waals surface area contributed by atoms with Gasteiger partial charge >= 0.3 is 0 Å². The quantitative estimate of drug-likeness (QED) is 0.748. The first-order chi connectivity index (χ1) is 7.00. The maximum atomic E-state index is 11.3. The molecule has 1 aromatic rings. The number of hydrogen-bond acceptors (Lipinski definition) is 3. The Labute approximate surface area is 89.9 Å². The normalized spacial score (nSPS) is 9.87. The predicted molar refractivity (Wildman–Crippen MR) is 57.9 cm³/mol. The van der Waals surface area contributed by atoms with E-state index in [4.69, 9.17) is 4.74 Å². The van der Waals surface area contributed by atoms with Gasteiger partial charge in [-0.25, -0.2) is 0 Å². The minimum absolute atomic E-state index is 0.0541. The Hall–Kier alpha value is -1.58. The average molecular weight is 208 g/mol. The van der Waals surface area contributed by atoms with Crippen molar-refractivity contribution in [3.05, 3.63) is 23.5 Å². The van der Waals surface area contributed by atoms with E-state index in [1.54, 1.807) is 14.1 Å². The third-order valence-corrected chi connectivity index (χ3v) is 2.03. The van der Waals surface area contributed by atoms with Gasteiger partial charge in [-0.15, -0.1) is 0 Å². The Bertz CT molecular complexity index is 362. The molecule has 4 heteroatoms. The molecule has 0 aromatic carbocycles. The summed E-state index contributed by atoms with van der Waals surface area (Å²) in [5.41, 5.74) is 1.75. The Balaban J connectivity index is 2.62. The molecule has 82 valence electrons. The Morgan fingerprint density at radius 3 is 2.60 bits per heavy atom. The second kappa shape index (κ2) is 4.77. The van der Waals surface area contributed by atoms with Crippen molar-refractivity contribution >= 4 is 5.91 Å². The molecule has 4 nitrogen and oxygen atoms in total. The standard InChI is InChI=1S/C11H16N2O2/c1-8-5-6-10(9(2)12-8)15-7-11(14)13(3)4/h5-6H,7H2,1-4H3. The van der Waals surface area contributed by atoms with Crippen LogP contribution >= 0.6 is 0 Å². The lowest BCUT2D eigenvalue weighted by Crippen LogP contribution is -2.27. The lowest BCUT2D eigenvalue weighted by molar-refractivity contribution is -0.130. The SMILES string of the molecule is Cc1ccc(OCC(=O)N(C)C)c(C)n1. The first kappa shape index (κ1) is 11.5. The minimum atomic E-state index is -0.0602. The highest BCUT2D eigenvalue weighted by Gasteiger charge is 2.06. The Morgan fingerprint density at radius 2 is 2.07 bits per heavy atom. The summed E-state index contributed by atoms with van der Waals surface area (Å²) in [5, 5.41) is 0. The van der Waals surface area contributed by atoms with Gasteiger partial charge in [0.2, 0.25) is 0 Å². The maximum absolute atomic E-state index is 11.3. The summed E-state index contributed by atoms with van der Waals surface area (Å²) in [5.74, 6) is 0.603. The highest BCUT2D eigenvalue weighted by Crippen LogP contribution is 2.15. The molecule has 1 amide bonds. The van der Waals surface area contributed by atoms with Crippen LogP contribution in [0.1, 0.15) is 11.4 Å². The number of ether oxygens (including phenoxy) is 1. The first-order valence-corrected chi connectivity index (χ1v) is 4.78. The molecule has 0 bridgehead atoms. The number of carbonyl (C=O) groups excluding carboxylic acids is 1. The molecular formula is C11H16N2O2. The molecule has 0 unspecified atom stereocenters. The van der Waals surface area contributed by atoms with Crippen molar-refractivity contribution in [2.45, 2.75) is 13.8 Å². The minimum Gasteiger partial charge on any atom is -0.482 e. The van der Waals surface area contributed by atoms with Crippen molar-refractivity contribution in [1.82, 2.24) is 9.88 Å². The average Bonchev–Trinajstić information content (AvgIpc) is 2.15. The number of rotatable bonds is 3. The highest BCUT2D eigenvalue weighted by atomic mass is 16.5. The van der Waals surface area contributed by atoms with Gasteiger partial charge in [0.25, 0.3) is 5.91 Å². The molecule has 0 radical (unpaired) electrons. The number of hydrogen-bond donors (Lipinski definition) is 0. The van der Waals surface area contributed by atoms with E-state index in [9.17, 15) is 4.79 Å². The molecule has 0 aliphatic rings. The molecule has 0 saturated carbocycles. The number of nitrogens with zero attached hydrogens (tertiary/aromatic N) is 2. The van der Waals surface area contributed by atoms with Crippen molar-refractivity contribution < 1.29 is 9.53 Å². The smallest absolute Gasteiger partial charge is 0.259 e. The number of carbonyl (C=O) groups is 1. The third kappa shape index (κ3) is 3.23. The van der Waals surface area contributed by atoms with Gasteiger partial charge in [0.05, 0.1) is 5.69 Å². The first-order valence-electron chi connectivity index (χ1n) is 4.78. The summed E-state index contributed by atoms with van der Waals surface area (Å²) in [6.07, 6.45) is 0. The topological polar surface area (TPSA) is 42.4 Å². The van der Waals surface area contributed by atoms with Gasteiger partial charge in [0.15, 0.2) is 6.61 Å². The van der Waals surface area contributed by atoms with Crippen LogP contribution in [0.3, 0.4) is 0 Å². The van der Waals surface area contributed by atoms with Crippen LogP contribution < -0.4 is 4.74 Å². The van der Waals surface area contributed by atoms with E-state index in [0.29, 0.717) is 5.75 Å². The molecule has 0 spiro atoms. The molecule has 1 heterocycles. The molecule has 15 heavy (non-hydrogen) atoms. The monoisotopic (exact) mass is 208 g/mol. The van der Waals surface area contributed by atoms with Gasteiger partial charge in [-0.2, -0.15) is 0 Å². The second-order valence-electron chi connectivity index (χ2n) is 3.61. The summed E-state index contributed by atoms with van der Waals surface area (Å²) >= 11 is 0. The second-order valence-corrected chi connectivity index (χ2v) is 3.61. The maximum Gasteiger partial charge on any atom is 0.259 e. The van der Waals surface area contributed by atoms with Gasteiger partial charge in [-0.1, -0.05) is 0 Å². The molecular weight excluding hydrogens is 192 g/mol. The van der Waals surface area contributed by atoms with Gasteiger partial charge in [0.1, 0.15) is 5.75 Å². The number of aryl methyl sites for hydroxylation is 2. The summed E-state index contributed by atoms with van der Waals surface area (Å²) in [6, 6.07) is 3.70. The molecule has 0 aliphatic heterocycles. The number of likely N-dealkylation sites (N-methyl/N-ethyl adjacent to an activating group) is 1. The van der Waals surface area contributed by atoms with Crippen molar-refractivity contribution in [2.75, 3.05) is 20.7 Å². The van der Waals surface area contributed by atoms with E-state index in [0.717, 1.165) is 11.4 Å². The van der Waals surface area contributed by atoms with Crippen LogP contribution in [-0.2, 0) is 4.79 Å². The van der Waals surface area contributed by atoms with Crippen LogP contribution in [0.2, 0.25) is 0 Å². The van der Waals surface area contributed by atoms with Crippen molar-refractivity contribution in [3.8, 4) is 5.75 Å². The third-order valence-electron chi connectivity index (χ3n) is 2.03. The Kier molecular flexibility index (Phi) is 3.66. The summed E-state index contributed by atoms with van der Waals surface area (Å²) < 4.78 is 5.36. The van der Waals surface area contributed by atoms with Crippen LogP contribution in [0.5, 0.6) is 5.75 Å². The molecule has 0 atom stereocenters. The molecule has 0 saturated heterocycles. The van der Waals surface area contributed by atoms with E-state index in [2.05, 4.69) is 4.98 Å². The van der Waals surface area contributed by atoms with Crippen molar-refractivity contribution in [3.63, 3.8) is 0 Å². The van der Waals surface area contributed by atoms with Crippen LogP contribution in [-0.4, -0.2) is 36.5 Å². The molecule has 0 N–H and O–H groups in total.